The summed E-state index contributed by atoms with van der Waals surface area (Å²) in [6.07, 6.45) is 4.28. The second-order valence-electron chi connectivity index (χ2n) is 4.95. The Bertz CT molecular complexity index is 751. The maximum Gasteiger partial charge on any atom is 0.165 e. The lowest BCUT2D eigenvalue weighted by Gasteiger charge is -2.07. The molecule has 0 atom stereocenters. The van der Waals surface area contributed by atoms with Crippen LogP contribution in [0.5, 0.6) is 5.75 Å². The van der Waals surface area contributed by atoms with Crippen LogP contribution >= 0.6 is 0 Å². The Morgan fingerprint density at radius 2 is 1.95 bits per heavy atom. The van der Waals surface area contributed by atoms with Crippen LogP contribution in [0.15, 0.2) is 36.9 Å². The highest BCUT2D eigenvalue weighted by Crippen LogP contribution is 2.17. The van der Waals surface area contributed by atoms with Crippen LogP contribution in [-0.4, -0.2) is 33.2 Å². The van der Waals surface area contributed by atoms with Gasteiger partial charge in [-0.05, 0) is 31.0 Å². The van der Waals surface area contributed by atoms with Crippen LogP contribution < -0.4 is 10.1 Å². The van der Waals surface area contributed by atoms with Crippen LogP contribution in [-0.2, 0) is 13.0 Å². The van der Waals surface area contributed by atoms with Crippen molar-refractivity contribution in [2.24, 2.45) is 0 Å². The Labute approximate surface area is 129 Å². The van der Waals surface area contributed by atoms with Crippen LogP contribution in [0.4, 0.5) is 5.82 Å². The fraction of sp³-hybridized carbons (Fsp3) is 0.312. The lowest BCUT2D eigenvalue weighted by molar-refractivity contribution is 0.414. The maximum atomic E-state index is 5.16. The molecule has 114 valence electrons. The standard InChI is InChI=1S/C16H19N5O/c1-3-21-11-20-14-15(18-10-19-16(14)21)17-9-8-12-4-6-13(22-2)7-5-12/h4-7,10-11H,3,8-9H2,1-2H3,(H,17,18,19). The molecule has 0 fully saturated rings. The van der Waals surface area contributed by atoms with Crippen LogP contribution in [0.2, 0.25) is 0 Å². The first-order valence-corrected chi connectivity index (χ1v) is 7.34. The van der Waals surface area contributed by atoms with Gasteiger partial charge in [-0.25, -0.2) is 15.0 Å². The van der Waals surface area contributed by atoms with E-state index < -0.39 is 0 Å². The van der Waals surface area contributed by atoms with Crippen molar-refractivity contribution in [1.29, 1.82) is 0 Å². The van der Waals surface area contributed by atoms with Gasteiger partial charge in [-0.3, -0.25) is 0 Å². The highest BCUT2D eigenvalue weighted by molar-refractivity contribution is 5.82. The number of ether oxygens (including phenoxy) is 1. The van der Waals surface area contributed by atoms with Gasteiger partial charge in [0.25, 0.3) is 0 Å². The quantitative estimate of drug-likeness (QED) is 0.757. The van der Waals surface area contributed by atoms with Gasteiger partial charge < -0.3 is 14.6 Å². The third-order valence-corrected chi connectivity index (χ3v) is 3.61. The van der Waals surface area contributed by atoms with E-state index in [4.69, 9.17) is 4.74 Å². The molecular weight excluding hydrogens is 278 g/mol. The maximum absolute atomic E-state index is 5.16. The molecule has 1 N–H and O–H groups in total. The van der Waals surface area contributed by atoms with Crippen molar-refractivity contribution in [1.82, 2.24) is 19.5 Å². The van der Waals surface area contributed by atoms with E-state index in [0.29, 0.717) is 0 Å². The van der Waals surface area contributed by atoms with Crippen LogP contribution in [0.3, 0.4) is 0 Å². The number of hydrogen-bond donors (Lipinski definition) is 1. The molecule has 0 aliphatic heterocycles. The summed E-state index contributed by atoms with van der Waals surface area (Å²) in [5.74, 6) is 1.66. The van der Waals surface area contributed by atoms with Gasteiger partial charge >= 0.3 is 0 Å². The smallest absolute Gasteiger partial charge is 0.165 e. The number of nitrogens with one attached hydrogen (secondary N) is 1. The zero-order chi connectivity index (χ0) is 15.4. The highest BCUT2D eigenvalue weighted by Gasteiger charge is 2.08. The Balaban J connectivity index is 1.67. The number of aromatic nitrogens is 4. The van der Waals surface area contributed by atoms with Gasteiger partial charge in [-0.2, -0.15) is 0 Å². The summed E-state index contributed by atoms with van der Waals surface area (Å²) in [5.41, 5.74) is 2.93. The second-order valence-corrected chi connectivity index (χ2v) is 4.95. The molecule has 0 saturated heterocycles. The third-order valence-electron chi connectivity index (χ3n) is 3.61. The Kier molecular flexibility index (Phi) is 4.18. The largest absolute Gasteiger partial charge is 0.497 e. The number of imidazole rings is 1. The molecule has 0 spiro atoms. The molecule has 6 nitrogen and oxygen atoms in total. The minimum absolute atomic E-state index is 0.783. The third kappa shape index (κ3) is 2.86. The van der Waals surface area contributed by atoms with E-state index in [1.807, 2.05) is 16.7 Å². The van der Waals surface area contributed by atoms with Crippen molar-refractivity contribution in [3.05, 3.63) is 42.5 Å². The molecule has 3 aromatic rings. The lowest BCUT2D eigenvalue weighted by Crippen LogP contribution is -2.07. The molecule has 3 rings (SSSR count). The number of rotatable bonds is 6. The summed E-state index contributed by atoms with van der Waals surface area (Å²) in [5, 5.41) is 3.34. The van der Waals surface area contributed by atoms with E-state index in [1.165, 1.54) is 5.56 Å². The van der Waals surface area contributed by atoms with Crippen LogP contribution in [0.25, 0.3) is 11.2 Å². The predicted molar refractivity (Wildman–Crippen MR) is 86.2 cm³/mol. The van der Waals surface area contributed by atoms with Crippen molar-refractivity contribution < 1.29 is 4.74 Å². The monoisotopic (exact) mass is 297 g/mol. The minimum atomic E-state index is 0.783. The number of aryl methyl sites for hydroxylation is 1. The number of hydrogen-bond acceptors (Lipinski definition) is 5. The first kappa shape index (κ1) is 14.3. The molecule has 0 aliphatic rings. The lowest BCUT2D eigenvalue weighted by atomic mass is 10.1. The van der Waals surface area contributed by atoms with E-state index in [2.05, 4.69) is 39.3 Å². The topological polar surface area (TPSA) is 64.9 Å². The number of fused-ring (bicyclic) bond motifs is 1. The Morgan fingerprint density at radius 3 is 2.68 bits per heavy atom. The number of nitrogens with zero attached hydrogens (tertiary/aromatic N) is 4. The van der Waals surface area contributed by atoms with E-state index in [1.54, 1.807) is 19.8 Å². The zero-order valence-electron chi connectivity index (χ0n) is 12.8. The number of benzene rings is 1. The summed E-state index contributed by atoms with van der Waals surface area (Å²) in [6, 6.07) is 8.09. The Morgan fingerprint density at radius 1 is 1.14 bits per heavy atom. The van der Waals surface area contributed by atoms with E-state index in [-0.39, 0.29) is 0 Å². The average Bonchev–Trinajstić information content (AvgIpc) is 2.99. The number of methoxy groups -OCH3 is 1. The van der Waals surface area contributed by atoms with Crippen molar-refractivity contribution in [3.63, 3.8) is 0 Å². The molecule has 0 unspecified atom stereocenters. The molecule has 0 radical (unpaired) electrons. The molecule has 2 aromatic heterocycles. The van der Waals surface area contributed by atoms with Gasteiger partial charge in [-0.1, -0.05) is 12.1 Å². The normalized spacial score (nSPS) is 10.8. The second kappa shape index (κ2) is 6.43. The van der Waals surface area contributed by atoms with E-state index >= 15 is 0 Å². The molecule has 6 heteroatoms. The van der Waals surface area contributed by atoms with Crippen molar-refractivity contribution in [2.75, 3.05) is 19.0 Å². The highest BCUT2D eigenvalue weighted by atomic mass is 16.5. The SMILES string of the molecule is CCn1cnc2c(NCCc3ccc(OC)cc3)ncnc21. The first-order valence-electron chi connectivity index (χ1n) is 7.34. The van der Waals surface area contributed by atoms with Gasteiger partial charge in [0.05, 0.1) is 13.4 Å². The molecule has 2 heterocycles. The van der Waals surface area contributed by atoms with Gasteiger partial charge in [0.15, 0.2) is 11.5 Å². The van der Waals surface area contributed by atoms with Gasteiger partial charge in [0.1, 0.15) is 17.6 Å². The molecule has 0 saturated carbocycles. The van der Waals surface area contributed by atoms with E-state index in [9.17, 15) is 0 Å². The molecular formula is C16H19N5O. The van der Waals surface area contributed by atoms with Gasteiger partial charge in [0.2, 0.25) is 0 Å². The first-order chi connectivity index (χ1) is 10.8. The van der Waals surface area contributed by atoms with Crippen LogP contribution in [0, 0.1) is 0 Å². The van der Waals surface area contributed by atoms with Crippen molar-refractivity contribution >= 4 is 17.0 Å². The van der Waals surface area contributed by atoms with Gasteiger partial charge in [-0.15, -0.1) is 0 Å². The summed E-state index contributed by atoms with van der Waals surface area (Å²) >= 11 is 0. The summed E-state index contributed by atoms with van der Waals surface area (Å²) in [4.78, 5) is 13.0. The average molecular weight is 297 g/mol. The number of anilines is 1. The zero-order valence-corrected chi connectivity index (χ0v) is 12.8. The summed E-state index contributed by atoms with van der Waals surface area (Å²) < 4.78 is 7.17. The summed E-state index contributed by atoms with van der Waals surface area (Å²) in [6.45, 7) is 3.70. The van der Waals surface area contributed by atoms with E-state index in [0.717, 1.165) is 42.2 Å². The van der Waals surface area contributed by atoms with Crippen molar-refractivity contribution in [3.8, 4) is 5.75 Å². The molecule has 0 amide bonds. The molecule has 22 heavy (non-hydrogen) atoms. The Hall–Kier alpha value is -2.63. The molecule has 0 aliphatic carbocycles. The fourth-order valence-electron chi connectivity index (χ4n) is 2.36. The minimum Gasteiger partial charge on any atom is -0.497 e. The van der Waals surface area contributed by atoms with Crippen LogP contribution in [0.1, 0.15) is 12.5 Å². The molecule has 0 bridgehead atoms. The summed E-state index contributed by atoms with van der Waals surface area (Å²) in [7, 11) is 1.67. The predicted octanol–water partition coefficient (Wildman–Crippen LogP) is 2.51. The van der Waals surface area contributed by atoms with Crippen molar-refractivity contribution in [2.45, 2.75) is 19.9 Å². The molecule has 1 aromatic carbocycles. The van der Waals surface area contributed by atoms with Gasteiger partial charge in [0, 0.05) is 13.1 Å². The fourth-order valence-corrected chi connectivity index (χ4v) is 2.36.